The molecule has 1 aliphatic rings. The number of hydrogen-bond donors (Lipinski definition) is 1. The summed E-state index contributed by atoms with van der Waals surface area (Å²) in [5, 5.41) is 7.73. The molecule has 2 rings (SSSR count). The Hall–Kier alpha value is -1.88. The maximum atomic E-state index is 5.50. The van der Waals surface area contributed by atoms with Crippen LogP contribution >= 0.6 is 0 Å². The van der Waals surface area contributed by atoms with Gasteiger partial charge in [0.15, 0.2) is 0 Å². The third-order valence-corrected chi connectivity index (χ3v) is 2.93. The first-order valence-electron chi connectivity index (χ1n) is 7.95. The lowest BCUT2D eigenvalue weighted by atomic mass is 10.0. The Kier molecular flexibility index (Phi) is 9.87. The van der Waals surface area contributed by atoms with Gasteiger partial charge in [0.1, 0.15) is 6.04 Å². The SMILES string of the molecule is C/C=C\C1=C(/C=C\C)C(c2nnc(N)o2)N(C)C1.CC.CC. The van der Waals surface area contributed by atoms with Crippen molar-refractivity contribution in [2.24, 2.45) is 0 Å². The van der Waals surface area contributed by atoms with Crippen molar-refractivity contribution in [1.29, 1.82) is 0 Å². The lowest BCUT2D eigenvalue weighted by Gasteiger charge is -2.17. The third-order valence-electron chi connectivity index (χ3n) is 2.93. The first-order chi connectivity index (χ1) is 10.7. The highest BCUT2D eigenvalue weighted by molar-refractivity contribution is 5.43. The Labute approximate surface area is 134 Å². The summed E-state index contributed by atoms with van der Waals surface area (Å²) >= 11 is 0. The van der Waals surface area contributed by atoms with E-state index in [1.54, 1.807) is 0 Å². The van der Waals surface area contributed by atoms with Crippen molar-refractivity contribution in [2.75, 3.05) is 19.3 Å². The largest absolute Gasteiger partial charge is 0.406 e. The standard InChI is InChI=1S/C13H18N4O.2C2H6/c1-4-6-9-8-17(3)11(10(9)7-5-2)12-15-16-13(14)18-12;2*1-2/h4-7,11H,8H2,1-3H3,(H2,14,16);2*1-2H3/b6-4-,7-5-;;. The molecule has 0 fully saturated rings. The van der Waals surface area contributed by atoms with Gasteiger partial charge >= 0.3 is 6.01 Å². The fourth-order valence-electron chi connectivity index (χ4n) is 2.27. The number of rotatable bonds is 3. The molecular weight excluding hydrogens is 276 g/mol. The van der Waals surface area contributed by atoms with Gasteiger partial charge in [-0.05, 0) is 32.0 Å². The van der Waals surface area contributed by atoms with Gasteiger partial charge in [0.2, 0.25) is 5.89 Å². The molecule has 0 saturated heterocycles. The molecule has 0 bridgehead atoms. The van der Waals surface area contributed by atoms with Crippen molar-refractivity contribution in [2.45, 2.75) is 47.6 Å². The van der Waals surface area contributed by atoms with E-state index in [0.29, 0.717) is 5.89 Å². The minimum atomic E-state index is -0.0165. The zero-order chi connectivity index (χ0) is 17.1. The van der Waals surface area contributed by atoms with Crippen LogP contribution in [0.3, 0.4) is 0 Å². The maximum Gasteiger partial charge on any atom is 0.312 e. The summed E-state index contributed by atoms with van der Waals surface area (Å²) in [5.74, 6) is 0.544. The van der Waals surface area contributed by atoms with E-state index in [1.165, 1.54) is 11.1 Å². The van der Waals surface area contributed by atoms with Gasteiger partial charge in [0.25, 0.3) is 0 Å². The van der Waals surface area contributed by atoms with E-state index in [-0.39, 0.29) is 12.1 Å². The van der Waals surface area contributed by atoms with Crippen LogP contribution in [0.25, 0.3) is 0 Å². The van der Waals surface area contributed by atoms with Crippen molar-refractivity contribution in [3.05, 3.63) is 41.3 Å². The van der Waals surface area contributed by atoms with Crippen LogP contribution in [-0.2, 0) is 0 Å². The quantitative estimate of drug-likeness (QED) is 0.909. The third kappa shape index (κ3) is 4.84. The summed E-state index contributed by atoms with van der Waals surface area (Å²) in [6.45, 7) is 12.9. The Morgan fingerprint density at radius 3 is 2.14 bits per heavy atom. The van der Waals surface area contributed by atoms with Crippen LogP contribution in [-0.4, -0.2) is 28.7 Å². The molecule has 0 aliphatic carbocycles. The normalized spacial score (nSPS) is 18.4. The van der Waals surface area contributed by atoms with Crippen LogP contribution in [0.5, 0.6) is 0 Å². The van der Waals surface area contributed by atoms with Gasteiger partial charge in [0.05, 0.1) is 0 Å². The van der Waals surface area contributed by atoms with Crippen molar-refractivity contribution < 1.29 is 4.42 Å². The summed E-state index contributed by atoms with van der Waals surface area (Å²) in [4.78, 5) is 2.16. The molecule has 1 unspecified atom stereocenters. The van der Waals surface area contributed by atoms with Crippen molar-refractivity contribution in [1.82, 2.24) is 15.1 Å². The zero-order valence-corrected chi connectivity index (χ0v) is 14.9. The molecular formula is C17H30N4O. The molecule has 2 N–H and O–H groups in total. The fraction of sp³-hybridized carbons (Fsp3) is 0.529. The van der Waals surface area contributed by atoms with Gasteiger partial charge in [-0.1, -0.05) is 57.1 Å². The Morgan fingerprint density at radius 1 is 1.09 bits per heavy atom. The molecule has 124 valence electrons. The molecule has 0 saturated carbocycles. The summed E-state index contributed by atoms with van der Waals surface area (Å²) in [6.07, 6.45) is 8.26. The summed E-state index contributed by atoms with van der Waals surface area (Å²) in [5.41, 5.74) is 7.94. The molecule has 5 heteroatoms. The summed E-state index contributed by atoms with van der Waals surface area (Å²) in [6, 6.07) is 0.0925. The Balaban J connectivity index is 0.00000102. The first-order valence-corrected chi connectivity index (χ1v) is 7.95. The molecule has 0 spiro atoms. The lowest BCUT2D eigenvalue weighted by Crippen LogP contribution is -2.20. The lowest BCUT2D eigenvalue weighted by molar-refractivity contribution is 0.285. The molecule has 1 aromatic rings. The van der Waals surface area contributed by atoms with E-state index in [1.807, 2.05) is 60.7 Å². The molecule has 0 radical (unpaired) electrons. The van der Waals surface area contributed by atoms with E-state index >= 15 is 0 Å². The predicted molar refractivity (Wildman–Crippen MR) is 93.4 cm³/mol. The highest BCUT2D eigenvalue weighted by atomic mass is 16.4. The van der Waals surface area contributed by atoms with Crippen LogP contribution in [0.2, 0.25) is 0 Å². The predicted octanol–water partition coefficient (Wildman–Crippen LogP) is 4.14. The van der Waals surface area contributed by atoms with Gasteiger partial charge in [-0.2, -0.15) is 0 Å². The second kappa shape index (κ2) is 10.8. The van der Waals surface area contributed by atoms with E-state index in [4.69, 9.17) is 10.2 Å². The molecule has 0 aromatic carbocycles. The minimum absolute atomic E-state index is 0.0165. The van der Waals surface area contributed by atoms with Gasteiger partial charge in [-0.25, -0.2) is 0 Å². The summed E-state index contributed by atoms with van der Waals surface area (Å²) < 4.78 is 5.36. The van der Waals surface area contributed by atoms with Crippen molar-refractivity contribution in [3.63, 3.8) is 0 Å². The number of nitrogens with two attached hydrogens (primary N) is 1. The molecule has 0 amide bonds. The zero-order valence-electron chi connectivity index (χ0n) is 14.9. The molecule has 5 nitrogen and oxygen atoms in total. The van der Waals surface area contributed by atoms with Crippen LogP contribution in [0.1, 0.15) is 53.5 Å². The average Bonchev–Trinajstić information content (AvgIpc) is 3.08. The van der Waals surface area contributed by atoms with E-state index in [0.717, 1.165) is 6.54 Å². The number of nitrogen functional groups attached to an aromatic ring is 1. The second-order valence-electron chi connectivity index (χ2n) is 4.28. The molecule has 22 heavy (non-hydrogen) atoms. The van der Waals surface area contributed by atoms with Crippen molar-refractivity contribution in [3.8, 4) is 0 Å². The molecule has 1 aliphatic heterocycles. The Bertz CT molecular complexity index is 514. The maximum absolute atomic E-state index is 5.50. The monoisotopic (exact) mass is 306 g/mol. The number of likely N-dealkylation sites (N-methyl/N-ethyl adjacent to an activating group) is 1. The van der Waals surface area contributed by atoms with Crippen LogP contribution in [0.4, 0.5) is 6.01 Å². The first kappa shape index (κ1) is 20.1. The highest BCUT2D eigenvalue weighted by Gasteiger charge is 2.32. The number of anilines is 1. The van der Waals surface area contributed by atoms with Gasteiger partial charge < -0.3 is 10.2 Å². The minimum Gasteiger partial charge on any atom is -0.406 e. The molecule has 2 heterocycles. The van der Waals surface area contributed by atoms with Crippen LogP contribution in [0.15, 0.2) is 39.9 Å². The van der Waals surface area contributed by atoms with Crippen LogP contribution < -0.4 is 5.73 Å². The molecule has 1 atom stereocenters. The van der Waals surface area contributed by atoms with Crippen molar-refractivity contribution >= 4 is 6.01 Å². The fourth-order valence-corrected chi connectivity index (χ4v) is 2.27. The van der Waals surface area contributed by atoms with Gasteiger partial charge in [-0.3, -0.25) is 4.90 Å². The number of aromatic nitrogens is 2. The number of nitrogens with zero attached hydrogens (tertiary/aromatic N) is 3. The smallest absolute Gasteiger partial charge is 0.312 e. The average molecular weight is 306 g/mol. The van der Waals surface area contributed by atoms with Crippen LogP contribution in [0, 0.1) is 0 Å². The number of allylic oxidation sites excluding steroid dienone is 2. The topological polar surface area (TPSA) is 68.2 Å². The summed E-state index contributed by atoms with van der Waals surface area (Å²) in [7, 11) is 2.03. The Morgan fingerprint density at radius 2 is 1.68 bits per heavy atom. The van der Waals surface area contributed by atoms with Gasteiger partial charge in [-0.15, -0.1) is 5.10 Å². The van der Waals surface area contributed by atoms with E-state index in [9.17, 15) is 0 Å². The highest BCUT2D eigenvalue weighted by Crippen LogP contribution is 2.36. The van der Waals surface area contributed by atoms with E-state index < -0.39 is 0 Å². The molecule has 1 aromatic heterocycles. The van der Waals surface area contributed by atoms with Gasteiger partial charge in [0, 0.05) is 6.54 Å². The second-order valence-corrected chi connectivity index (χ2v) is 4.28. The number of hydrogen-bond acceptors (Lipinski definition) is 5. The van der Waals surface area contributed by atoms with E-state index in [2.05, 4.69) is 27.2 Å².